The molecular formula is C13H17BrF3NO2S. The molecule has 1 rings (SSSR count). The molecule has 0 N–H and O–H groups in total. The summed E-state index contributed by atoms with van der Waals surface area (Å²) in [5.41, 5.74) is -1.18. The van der Waals surface area contributed by atoms with Crippen LogP contribution in [0.25, 0.3) is 0 Å². The average molecular weight is 388 g/mol. The Morgan fingerprint density at radius 3 is 2.38 bits per heavy atom. The second-order valence-electron chi connectivity index (χ2n) is 4.47. The Balaban J connectivity index is 3.32. The molecule has 0 atom stereocenters. The summed E-state index contributed by atoms with van der Waals surface area (Å²) in [6.45, 7) is 3.33. The zero-order valence-electron chi connectivity index (χ0n) is 11.7. The lowest BCUT2D eigenvalue weighted by atomic mass is 10.1. The molecule has 0 amide bonds. The Hall–Kier alpha value is -0.600. The van der Waals surface area contributed by atoms with E-state index in [1.165, 1.54) is 17.3 Å². The van der Waals surface area contributed by atoms with E-state index < -0.39 is 21.8 Å². The number of hydrogen-bond donors (Lipinski definition) is 0. The topological polar surface area (TPSA) is 37.4 Å². The van der Waals surface area contributed by atoms with Crippen LogP contribution < -0.4 is 0 Å². The van der Waals surface area contributed by atoms with Gasteiger partial charge in [-0.05, 0) is 31.0 Å². The van der Waals surface area contributed by atoms with E-state index in [0.717, 1.165) is 12.1 Å². The molecule has 0 bridgehead atoms. The molecule has 0 saturated heterocycles. The summed E-state index contributed by atoms with van der Waals surface area (Å²) in [5.74, 6) is 0. The highest BCUT2D eigenvalue weighted by atomic mass is 79.9. The molecule has 8 heteroatoms. The Morgan fingerprint density at radius 2 is 1.90 bits per heavy atom. The van der Waals surface area contributed by atoms with Crippen LogP contribution in [0.5, 0.6) is 0 Å². The molecule has 21 heavy (non-hydrogen) atoms. The second-order valence-corrected chi connectivity index (χ2v) is 7.17. The van der Waals surface area contributed by atoms with E-state index in [-0.39, 0.29) is 23.5 Å². The van der Waals surface area contributed by atoms with Crippen molar-refractivity contribution >= 4 is 26.0 Å². The van der Waals surface area contributed by atoms with Gasteiger partial charge >= 0.3 is 6.18 Å². The first kappa shape index (κ1) is 18.4. The first-order chi connectivity index (χ1) is 9.66. The van der Waals surface area contributed by atoms with E-state index in [2.05, 4.69) is 15.9 Å². The van der Waals surface area contributed by atoms with Crippen molar-refractivity contribution in [3.8, 4) is 0 Å². The van der Waals surface area contributed by atoms with Gasteiger partial charge in [0.05, 0.1) is 10.5 Å². The number of hydrogen-bond acceptors (Lipinski definition) is 2. The number of rotatable bonds is 6. The summed E-state index contributed by atoms with van der Waals surface area (Å²) in [6, 6.07) is 3.24. The summed E-state index contributed by atoms with van der Waals surface area (Å²) in [6.07, 6.45) is -3.98. The Morgan fingerprint density at radius 1 is 1.29 bits per heavy atom. The van der Waals surface area contributed by atoms with Crippen LogP contribution in [-0.2, 0) is 16.2 Å². The van der Waals surface area contributed by atoms with Gasteiger partial charge in [0.1, 0.15) is 0 Å². The molecule has 0 unspecified atom stereocenters. The van der Waals surface area contributed by atoms with Gasteiger partial charge in [-0.3, -0.25) is 0 Å². The zero-order valence-corrected chi connectivity index (χ0v) is 14.1. The number of alkyl halides is 4. The third-order valence-corrected chi connectivity index (χ3v) is 5.78. The fourth-order valence-corrected chi connectivity index (χ4v) is 4.01. The molecule has 120 valence electrons. The maximum Gasteiger partial charge on any atom is 0.416 e. The van der Waals surface area contributed by atoms with Gasteiger partial charge < -0.3 is 0 Å². The predicted octanol–water partition coefficient (Wildman–Crippen LogP) is 3.81. The van der Waals surface area contributed by atoms with Gasteiger partial charge in [0.25, 0.3) is 0 Å². The van der Waals surface area contributed by atoms with Crippen LogP contribution in [0.2, 0.25) is 0 Å². The number of benzene rings is 1. The molecule has 0 aromatic heterocycles. The lowest BCUT2D eigenvalue weighted by Crippen LogP contribution is -2.32. The molecule has 0 aliphatic heterocycles. The van der Waals surface area contributed by atoms with Crippen LogP contribution >= 0.6 is 15.9 Å². The van der Waals surface area contributed by atoms with E-state index >= 15 is 0 Å². The van der Waals surface area contributed by atoms with Gasteiger partial charge in [0.2, 0.25) is 10.0 Å². The molecule has 0 radical (unpaired) electrons. The van der Waals surface area contributed by atoms with Gasteiger partial charge in [-0.15, -0.1) is 0 Å². The van der Waals surface area contributed by atoms with Gasteiger partial charge in [-0.1, -0.05) is 28.9 Å². The van der Waals surface area contributed by atoms with Gasteiger partial charge in [0.15, 0.2) is 0 Å². The van der Waals surface area contributed by atoms with Crippen LogP contribution in [0.3, 0.4) is 0 Å². The maximum atomic E-state index is 12.9. The number of nitrogens with zero attached hydrogens (tertiary/aromatic N) is 1. The van der Waals surface area contributed by atoms with Gasteiger partial charge in [-0.25, -0.2) is 8.42 Å². The average Bonchev–Trinajstić information content (AvgIpc) is 2.38. The normalized spacial score (nSPS) is 12.9. The fourth-order valence-electron chi connectivity index (χ4n) is 2.02. The SMILES string of the molecule is CCN(CCCBr)S(=O)(=O)c1cccc(C(F)(F)F)c1C. The highest BCUT2D eigenvalue weighted by Crippen LogP contribution is 2.34. The third kappa shape index (κ3) is 4.20. The van der Waals surface area contributed by atoms with Gasteiger partial charge in [-0.2, -0.15) is 17.5 Å². The van der Waals surface area contributed by atoms with E-state index in [4.69, 9.17) is 0 Å². The van der Waals surface area contributed by atoms with Crippen molar-refractivity contribution in [1.29, 1.82) is 0 Å². The second kappa shape index (κ2) is 7.11. The first-order valence-corrected chi connectivity index (χ1v) is 8.95. The number of halogens is 4. The molecule has 1 aromatic rings. The molecule has 0 aliphatic rings. The monoisotopic (exact) mass is 387 g/mol. The molecule has 0 fully saturated rings. The molecule has 1 aromatic carbocycles. The minimum atomic E-state index is -4.57. The van der Waals surface area contributed by atoms with Crippen molar-refractivity contribution < 1.29 is 21.6 Å². The summed E-state index contributed by atoms with van der Waals surface area (Å²) in [7, 11) is -3.92. The highest BCUT2D eigenvalue weighted by Gasteiger charge is 2.35. The molecular weight excluding hydrogens is 371 g/mol. The molecule has 0 aliphatic carbocycles. The number of sulfonamides is 1. The summed E-state index contributed by atoms with van der Waals surface area (Å²) in [4.78, 5) is -0.284. The van der Waals surface area contributed by atoms with Crippen molar-refractivity contribution in [3.05, 3.63) is 29.3 Å². The van der Waals surface area contributed by atoms with Crippen molar-refractivity contribution in [2.75, 3.05) is 18.4 Å². The van der Waals surface area contributed by atoms with E-state index in [0.29, 0.717) is 11.8 Å². The highest BCUT2D eigenvalue weighted by molar-refractivity contribution is 9.09. The fraction of sp³-hybridized carbons (Fsp3) is 0.538. The van der Waals surface area contributed by atoms with Crippen molar-refractivity contribution in [1.82, 2.24) is 4.31 Å². The van der Waals surface area contributed by atoms with Crippen LogP contribution in [0.15, 0.2) is 23.1 Å². The molecule has 0 saturated carbocycles. The first-order valence-electron chi connectivity index (χ1n) is 6.39. The zero-order chi connectivity index (χ0) is 16.3. The van der Waals surface area contributed by atoms with Crippen LogP contribution in [-0.4, -0.2) is 31.1 Å². The Bertz CT molecular complexity index is 588. The summed E-state index contributed by atoms with van der Waals surface area (Å²) < 4.78 is 64.9. The lowest BCUT2D eigenvalue weighted by Gasteiger charge is -2.22. The molecule has 3 nitrogen and oxygen atoms in total. The van der Waals surface area contributed by atoms with Crippen LogP contribution in [0.4, 0.5) is 13.2 Å². The summed E-state index contributed by atoms with van der Waals surface area (Å²) >= 11 is 3.21. The quantitative estimate of drug-likeness (QED) is 0.696. The standard InChI is InChI=1S/C13H17BrF3NO2S/c1-3-18(9-5-8-14)21(19,20)12-7-4-6-11(10(12)2)13(15,16)17/h4,6-7H,3,5,8-9H2,1-2H3. The van der Waals surface area contributed by atoms with Crippen molar-refractivity contribution in [2.45, 2.75) is 31.3 Å². The lowest BCUT2D eigenvalue weighted by molar-refractivity contribution is -0.138. The van der Waals surface area contributed by atoms with E-state index in [1.54, 1.807) is 6.92 Å². The minimum absolute atomic E-state index is 0.213. The van der Waals surface area contributed by atoms with Crippen LogP contribution in [0.1, 0.15) is 24.5 Å². The molecule has 0 spiro atoms. The van der Waals surface area contributed by atoms with E-state index in [1.807, 2.05) is 0 Å². The minimum Gasteiger partial charge on any atom is -0.207 e. The maximum absolute atomic E-state index is 12.9. The predicted molar refractivity (Wildman–Crippen MR) is 79.0 cm³/mol. The molecule has 0 heterocycles. The Labute approximate surface area is 131 Å². The largest absolute Gasteiger partial charge is 0.416 e. The van der Waals surface area contributed by atoms with Crippen molar-refractivity contribution in [2.24, 2.45) is 0 Å². The van der Waals surface area contributed by atoms with Gasteiger partial charge in [0, 0.05) is 18.4 Å². The van der Waals surface area contributed by atoms with Crippen molar-refractivity contribution in [3.63, 3.8) is 0 Å². The third-order valence-electron chi connectivity index (χ3n) is 3.10. The summed E-state index contributed by atoms with van der Waals surface area (Å²) in [5, 5.41) is 0.626. The van der Waals surface area contributed by atoms with E-state index in [9.17, 15) is 21.6 Å². The Kier molecular flexibility index (Phi) is 6.24. The van der Waals surface area contributed by atoms with Crippen LogP contribution in [0, 0.1) is 6.92 Å². The smallest absolute Gasteiger partial charge is 0.207 e.